The summed E-state index contributed by atoms with van der Waals surface area (Å²) in [4.78, 5) is 22.2. The summed E-state index contributed by atoms with van der Waals surface area (Å²) in [6.45, 7) is 1.85. The molecule has 6 heteroatoms. The van der Waals surface area contributed by atoms with Crippen molar-refractivity contribution in [3.8, 4) is 11.1 Å². The average Bonchev–Trinajstić information content (AvgIpc) is 2.48. The number of rotatable bonds is 3. The van der Waals surface area contributed by atoms with Crippen LogP contribution in [0.25, 0.3) is 11.1 Å². The SMILES string of the molecule is COC(=O)c1ccc(-c2ccc(C)c(Cl)c2)c([N+](=O)[O-])c1. The van der Waals surface area contributed by atoms with Gasteiger partial charge in [0.1, 0.15) is 0 Å². The van der Waals surface area contributed by atoms with Crippen LogP contribution in [0, 0.1) is 17.0 Å². The van der Waals surface area contributed by atoms with Crippen LogP contribution in [0.5, 0.6) is 0 Å². The third-order valence-corrected chi connectivity index (χ3v) is 3.51. The third-order valence-electron chi connectivity index (χ3n) is 3.10. The zero-order chi connectivity index (χ0) is 15.6. The molecule has 0 bridgehead atoms. The van der Waals surface area contributed by atoms with Crippen molar-refractivity contribution in [3.63, 3.8) is 0 Å². The zero-order valence-corrected chi connectivity index (χ0v) is 12.2. The molecule has 0 aliphatic rings. The summed E-state index contributed by atoms with van der Waals surface area (Å²) in [6, 6.07) is 9.41. The van der Waals surface area contributed by atoms with E-state index in [2.05, 4.69) is 4.74 Å². The van der Waals surface area contributed by atoms with E-state index in [9.17, 15) is 14.9 Å². The number of carbonyl (C=O) groups is 1. The van der Waals surface area contributed by atoms with Crippen molar-refractivity contribution in [2.75, 3.05) is 7.11 Å². The van der Waals surface area contributed by atoms with Crippen molar-refractivity contribution in [1.82, 2.24) is 0 Å². The molecule has 0 aliphatic carbocycles. The Hall–Kier alpha value is -2.40. The lowest BCUT2D eigenvalue weighted by Crippen LogP contribution is -2.03. The maximum Gasteiger partial charge on any atom is 0.338 e. The molecule has 0 aliphatic heterocycles. The van der Waals surface area contributed by atoms with Gasteiger partial charge < -0.3 is 4.74 Å². The molecule has 0 spiro atoms. The minimum atomic E-state index is -0.619. The molecule has 2 aromatic carbocycles. The fraction of sp³-hybridized carbons (Fsp3) is 0.133. The molecular weight excluding hydrogens is 294 g/mol. The first-order chi connectivity index (χ1) is 9.93. The van der Waals surface area contributed by atoms with Crippen LogP contribution in [-0.4, -0.2) is 18.0 Å². The fourth-order valence-electron chi connectivity index (χ4n) is 1.93. The number of esters is 1. The lowest BCUT2D eigenvalue weighted by molar-refractivity contribution is -0.384. The summed E-state index contributed by atoms with van der Waals surface area (Å²) in [5.41, 5.74) is 1.86. The summed E-state index contributed by atoms with van der Waals surface area (Å²) in [5, 5.41) is 11.8. The summed E-state index contributed by atoms with van der Waals surface area (Å²) in [7, 11) is 1.22. The Balaban J connectivity index is 2.60. The van der Waals surface area contributed by atoms with E-state index in [4.69, 9.17) is 11.6 Å². The molecule has 21 heavy (non-hydrogen) atoms. The van der Waals surface area contributed by atoms with Crippen molar-refractivity contribution in [2.45, 2.75) is 6.92 Å². The van der Waals surface area contributed by atoms with Crippen LogP contribution in [0.2, 0.25) is 5.02 Å². The lowest BCUT2D eigenvalue weighted by Gasteiger charge is -2.07. The van der Waals surface area contributed by atoms with Crippen molar-refractivity contribution in [1.29, 1.82) is 0 Å². The molecule has 0 N–H and O–H groups in total. The number of hydrogen-bond donors (Lipinski definition) is 0. The first kappa shape index (κ1) is 15.0. The van der Waals surface area contributed by atoms with Crippen LogP contribution in [0.1, 0.15) is 15.9 Å². The predicted molar refractivity (Wildman–Crippen MR) is 79.6 cm³/mol. The van der Waals surface area contributed by atoms with Gasteiger partial charge in [0.05, 0.1) is 23.2 Å². The zero-order valence-electron chi connectivity index (χ0n) is 11.4. The molecule has 5 nitrogen and oxygen atoms in total. The summed E-state index contributed by atoms with van der Waals surface area (Å²) < 4.78 is 4.57. The van der Waals surface area contributed by atoms with Crippen LogP contribution >= 0.6 is 11.6 Å². The van der Waals surface area contributed by atoms with Crippen molar-refractivity contribution in [3.05, 3.63) is 62.7 Å². The molecule has 0 heterocycles. The van der Waals surface area contributed by atoms with E-state index in [-0.39, 0.29) is 11.3 Å². The fourth-order valence-corrected chi connectivity index (χ4v) is 2.11. The van der Waals surface area contributed by atoms with Gasteiger partial charge in [-0.1, -0.05) is 23.7 Å². The first-order valence-corrected chi connectivity index (χ1v) is 6.45. The Morgan fingerprint density at radius 2 is 1.95 bits per heavy atom. The number of methoxy groups -OCH3 is 1. The standard InChI is InChI=1S/C15H12ClNO4/c1-9-3-4-10(7-13(9)16)12-6-5-11(15(18)21-2)8-14(12)17(19)20/h3-8H,1-2H3. The van der Waals surface area contributed by atoms with Gasteiger partial charge in [0, 0.05) is 11.1 Å². The second-order valence-corrected chi connectivity index (χ2v) is 4.85. The highest BCUT2D eigenvalue weighted by Crippen LogP contribution is 2.33. The van der Waals surface area contributed by atoms with E-state index < -0.39 is 10.9 Å². The summed E-state index contributed by atoms with van der Waals surface area (Å²) in [6.07, 6.45) is 0. The Bertz CT molecular complexity index is 728. The van der Waals surface area contributed by atoms with Gasteiger partial charge in [-0.3, -0.25) is 10.1 Å². The molecule has 2 rings (SSSR count). The van der Waals surface area contributed by atoms with E-state index in [1.165, 1.54) is 25.3 Å². The number of nitrogens with zero attached hydrogens (tertiary/aromatic N) is 1. The molecular formula is C15H12ClNO4. The van der Waals surface area contributed by atoms with Gasteiger partial charge in [0.2, 0.25) is 0 Å². The van der Waals surface area contributed by atoms with Crippen LogP contribution in [0.3, 0.4) is 0 Å². The minimum absolute atomic E-state index is 0.131. The van der Waals surface area contributed by atoms with Gasteiger partial charge in [0.25, 0.3) is 5.69 Å². The van der Waals surface area contributed by atoms with Gasteiger partial charge in [-0.05, 0) is 36.2 Å². The number of ether oxygens (including phenoxy) is 1. The van der Waals surface area contributed by atoms with Gasteiger partial charge in [0.15, 0.2) is 0 Å². The highest BCUT2D eigenvalue weighted by molar-refractivity contribution is 6.31. The maximum atomic E-state index is 11.5. The molecule has 0 saturated heterocycles. The van der Waals surface area contributed by atoms with Crippen molar-refractivity contribution >= 4 is 23.3 Å². The van der Waals surface area contributed by atoms with E-state index in [0.717, 1.165) is 5.56 Å². The maximum absolute atomic E-state index is 11.5. The molecule has 0 atom stereocenters. The topological polar surface area (TPSA) is 69.4 Å². The smallest absolute Gasteiger partial charge is 0.338 e. The average molecular weight is 306 g/mol. The molecule has 0 fully saturated rings. The molecule has 108 valence electrons. The molecule has 0 saturated carbocycles. The van der Waals surface area contributed by atoms with Crippen molar-refractivity contribution in [2.24, 2.45) is 0 Å². The number of nitro benzene ring substituents is 1. The second-order valence-electron chi connectivity index (χ2n) is 4.44. The minimum Gasteiger partial charge on any atom is -0.465 e. The van der Waals surface area contributed by atoms with Gasteiger partial charge in [-0.2, -0.15) is 0 Å². The predicted octanol–water partition coefficient (Wildman–Crippen LogP) is 4.01. The quantitative estimate of drug-likeness (QED) is 0.488. The monoisotopic (exact) mass is 305 g/mol. The summed E-state index contributed by atoms with van der Waals surface area (Å²) >= 11 is 6.06. The number of hydrogen-bond acceptors (Lipinski definition) is 4. The molecule has 0 unspecified atom stereocenters. The number of carbonyl (C=O) groups excluding carboxylic acids is 1. The number of benzene rings is 2. The molecule has 0 aromatic heterocycles. The summed E-state index contributed by atoms with van der Waals surface area (Å²) in [5.74, 6) is -0.619. The Kier molecular flexibility index (Phi) is 4.23. The van der Waals surface area contributed by atoms with Crippen LogP contribution in [-0.2, 0) is 4.74 Å². The third kappa shape index (κ3) is 3.03. The van der Waals surface area contributed by atoms with E-state index in [1.807, 2.05) is 6.92 Å². The Morgan fingerprint density at radius 1 is 1.24 bits per heavy atom. The normalized spacial score (nSPS) is 10.2. The van der Waals surface area contributed by atoms with Gasteiger partial charge in [-0.15, -0.1) is 0 Å². The van der Waals surface area contributed by atoms with Crippen LogP contribution in [0.4, 0.5) is 5.69 Å². The van der Waals surface area contributed by atoms with E-state index in [0.29, 0.717) is 16.1 Å². The van der Waals surface area contributed by atoms with Gasteiger partial charge in [-0.25, -0.2) is 4.79 Å². The highest BCUT2D eigenvalue weighted by atomic mass is 35.5. The number of halogens is 1. The van der Waals surface area contributed by atoms with Crippen LogP contribution < -0.4 is 0 Å². The largest absolute Gasteiger partial charge is 0.465 e. The molecule has 0 amide bonds. The number of aryl methyl sites for hydroxylation is 1. The van der Waals surface area contributed by atoms with Gasteiger partial charge >= 0.3 is 5.97 Å². The Morgan fingerprint density at radius 3 is 2.52 bits per heavy atom. The Labute approximate surface area is 126 Å². The van der Waals surface area contributed by atoms with E-state index >= 15 is 0 Å². The second kappa shape index (κ2) is 5.93. The lowest BCUT2D eigenvalue weighted by atomic mass is 10.0. The molecule has 0 radical (unpaired) electrons. The van der Waals surface area contributed by atoms with Crippen LogP contribution in [0.15, 0.2) is 36.4 Å². The van der Waals surface area contributed by atoms with E-state index in [1.54, 1.807) is 18.2 Å². The first-order valence-electron chi connectivity index (χ1n) is 6.07. The van der Waals surface area contributed by atoms with Crippen molar-refractivity contribution < 1.29 is 14.5 Å². The highest BCUT2D eigenvalue weighted by Gasteiger charge is 2.19. The molecule has 2 aromatic rings. The number of nitro groups is 1.